The molecule has 1 aliphatic heterocycles. The van der Waals surface area contributed by atoms with E-state index in [0.29, 0.717) is 5.82 Å². The first kappa shape index (κ1) is 16.6. The topological polar surface area (TPSA) is 71.4 Å². The van der Waals surface area contributed by atoms with Gasteiger partial charge < -0.3 is 9.84 Å². The zero-order valence-corrected chi connectivity index (χ0v) is 14.5. The molecule has 2 aromatic heterocycles. The first-order valence-corrected chi connectivity index (χ1v) is 8.90. The fourth-order valence-corrected chi connectivity index (χ4v) is 4.26. The maximum Gasteiger partial charge on any atom is 0.178 e. The van der Waals surface area contributed by atoms with Gasteiger partial charge in [-0.25, -0.2) is 9.97 Å². The Balaban J connectivity index is 1.49. The maximum atomic E-state index is 10.1. The molecule has 2 aromatic rings. The summed E-state index contributed by atoms with van der Waals surface area (Å²) in [4.78, 5) is 15.6. The molecule has 25 heavy (non-hydrogen) atoms. The van der Waals surface area contributed by atoms with Crippen LogP contribution in [0.2, 0.25) is 0 Å². The molecular formula is C19H24N4O2. The van der Waals surface area contributed by atoms with E-state index >= 15 is 0 Å². The number of pyridine rings is 1. The second kappa shape index (κ2) is 6.78. The second-order valence-electron chi connectivity index (χ2n) is 7.06. The molecule has 3 heterocycles. The molecule has 132 valence electrons. The van der Waals surface area contributed by atoms with E-state index in [-0.39, 0.29) is 17.7 Å². The van der Waals surface area contributed by atoms with Crippen molar-refractivity contribution >= 4 is 0 Å². The highest BCUT2D eigenvalue weighted by atomic mass is 16.5. The number of methoxy groups -OCH3 is 1. The van der Waals surface area contributed by atoms with Gasteiger partial charge in [0.2, 0.25) is 0 Å². The number of nitrogens with zero attached hydrogens (tertiary/aromatic N) is 4. The average Bonchev–Trinajstić information content (AvgIpc) is 3.01. The van der Waals surface area contributed by atoms with Gasteiger partial charge >= 0.3 is 0 Å². The fourth-order valence-electron chi connectivity index (χ4n) is 4.26. The van der Waals surface area contributed by atoms with Crippen LogP contribution in [0.15, 0.2) is 36.8 Å². The monoisotopic (exact) mass is 340 g/mol. The quantitative estimate of drug-likeness (QED) is 0.918. The minimum Gasteiger partial charge on any atom is -0.393 e. The zero-order chi connectivity index (χ0) is 17.3. The molecule has 0 radical (unpaired) electrons. The van der Waals surface area contributed by atoms with Crippen molar-refractivity contribution in [1.29, 1.82) is 0 Å². The summed E-state index contributed by atoms with van der Waals surface area (Å²) in [5, 5.41) is 10.1. The van der Waals surface area contributed by atoms with Crippen molar-refractivity contribution in [2.75, 3.05) is 13.7 Å². The predicted molar refractivity (Wildman–Crippen MR) is 93.7 cm³/mol. The van der Waals surface area contributed by atoms with Crippen LogP contribution in [0, 0.1) is 0 Å². The standard InChI is InChI=1S/C19H24N4O2/c1-25-19-6-5-15(24)10-17(19)23(9-7-19)13-14-11-21-18(22-12-14)16-4-2-3-8-20-16/h2-4,8,11-12,15,17,24H,5-7,9-10,13H2,1H3/t15-,17+,19-/m1/s1. The lowest BCUT2D eigenvalue weighted by molar-refractivity contribution is -0.0879. The highest BCUT2D eigenvalue weighted by Crippen LogP contribution is 2.42. The van der Waals surface area contributed by atoms with Crippen LogP contribution in [-0.2, 0) is 11.3 Å². The summed E-state index contributed by atoms with van der Waals surface area (Å²) in [7, 11) is 1.80. The van der Waals surface area contributed by atoms with Gasteiger partial charge in [-0.3, -0.25) is 9.88 Å². The zero-order valence-electron chi connectivity index (χ0n) is 14.5. The van der Waals surface area contributed by atoms with Gasteiger partial charge in [-0.2, -0.15) is 0 Å². The molecule has 1 saturated carbocycles. The highest BCUT2D eigenvalue weighted by Gasteiger charge is 2.50. The smallest absolute Gasteiger partial charge is 0.178 e. The number of fused-ring (bicyclic) bond motifs is 1. The Hall–Kier alpha value is -1.89. The average molecular weight is 340 g/mol. The van der Waals surface area contributed by atoms with Crippen molar-refractivity contribution in [2.45, 2.75) is 50.0 Å². The van der Waals surface area contributed by atoms with Crippen molar-refractivity contribution in [3.8, 4) is 11.5 Å². The van der Waals surface area contributed by atoms with Crippen LogP contribution in [0.25, 0.3) is 11.5 Å². The Morgan fingerprint density at radius 3 is 2.80 bits per heavy atom. The molecular weight excluding hydrogens is 316 g/mol. The minimum absolute atomic E-state index is 0.103. The normalized spacial score (nSPS) is 29.5. The van der Waals surface area contributed by atoms with Crippen molar-refractivity contribution in [3.63, 3.8) is 0 Å². The van der Waals surface area contributed by atoms with Crippen LogP contribution in [-0.4, -0.2) is 56.4 Å². The minimum atomic E-state index is -0.225. The SMILES string of the molecule is CO[C@@]12CC[C@@H](O)C[C@@H]1N(Cc1cnc(-c3ccccn3)nc1)CC2. The van der Waals surface area contributed by atoms with E-state index < -0.39 is 0 Å². The number of aromatic nitrogens is 3. The number of likely N-dealkylation sites (tertiary alicyclic amines) is 1. The van der Waals surface area contributed by atoms with Crippen molar-refractivity contribution in [3.05, 3.63) is 42.4 Å². The number of aliphatic hydroxyl groups excluding tert-OH is 1. The van der Waals surface area contributed by atoms with Gasteiger partial charge in [-0.05, 0) is 37.8 Å². The van der Waals surface area contributed by atoms with Crippen molar-refractivity contribution in [2.24, 2.45) is 0 Å². The van der Waals surface area contributed by atoms with Gasteiger partial charge in [-0.15, -0.1) is 0 Å². The molecule has 1 saturated heterocycles. The summed E-state index contributed by atoms with van der Waals surface area (Å²) in [5.74, 6) is 0.644. The number of hydrogen-bond donors (Lipinski definition) is 1. The van der Waals surface area contributed by atoms with Gasteiger partial charge in [0.05, 0.1) is 11.7 Å². The molecule has 1 aliphatic carbocycles. The number of hydrogen-bond acceptors (Lipinski definition) is 6. The van der Waals surface area contributed by atoms with Crippen LogP contribution in [0.3, 0.4) is 0 Å². The molecule has 1 N–H and O–H groups in total. The van der Waals surface area contributed by atoms with Crippen LogP contribution in [0.5, 0.6) is 0 Å². The lowest BCUT2D eigenvalue weighted by atomic mass is 9.79. The van der Waals surface area contributed by atoms with Crippen molar-refractivity contribution < 1.29 is 9.84 Å². The van der Waals surface area contributed by atoms with Gasteiger partial charge in [0.25, 0.3) is 0 Å². The Labute approximate surface area is 147 Å². The Morgan fingerprint density at radius 1 is 1.24 bits per heavy atom. The third-order valence-electron chi connectivity index (χ3n) is 5.66. The summed E-state index contributed by atoms with van der Waals surface area (Å²) in [6.45, 7) is 1.76. The summed E-state index contributed by atoms with van der Waals surface area (Å²) in [5.41, 5.74) is 1.75. The van der Waals surface area contributed by atoms with Gasteiger partial charge in [0.15, 0.2) is 5.82 Å². The molecule has 6 nitrogen and oxygen atoms in total. The molecule has 0 spiro atoms. The van der Waals surface area contributed by atoms with Crippen LogP contribution < -0.4 is 0 Å². The highest BCUT2D eigenvalue weighted by molar-refractivity contribution is 5.47. The van der Waals surface area contributed by atoms with E-state index in [4.69, 9.17) is 4.74 Å². The lowest BCUT2D eigenvalue weighted by Gasteiger charge is -2.42. The van der Waals surface area contributed by atoms with E-state index in [1.165, 1.54) is 0 Å². The molecule has 4 rings (SSSR count). The Bertz CT molecular complexity index is 709. The number of rotatable bonds is 4. The molecule has 0 aromatic carbocycles. The van der Waals surface area contributed by atoms with E-state index in [9.17, 15) is 5.11 Å². The molecule has 0 amide bonds. The first-order chi connectivity index (χ1) is 12.2. The fraction of sp³-hybridized carbons (Fsp3) is 0.526. The van der Waals surface area contributed by atoms with Crippen molar-refractivity contribution in [1.82, 2.24) is 19.9 Å². The van der Waals surface area contributed by atoms with E-state index in [2.05, 4.69) is 19.9 Å². The van der Waals surface area contributed by atoms with Crippen LogP contribution in [0.1, 0.15) is 31.2 Å². The van der Waals surface area contributed by atoms with E-state index in [0.717, 1.165) is 50.0 Å². The van der Waals surface area contributed by atoms with Gasteiger partial charge in [-0.1, -0.05) is 6.07 Å². The summed E-state index contributed by atoms with van der Waals surface area (Å²) in [6.07, 6.45) is 8.84. The number of ether oxygens (including phenoxy) is 1. The van der Waals surface area contributed by atoms with E-state index in [1.54, 1.807) is 13.3 Å². The summed E-state index contributed by atoms with van der Waals surface area (Å²) in [6, 6.07) is 5.98. The predicted octanol–water partition coefficient (Wildman–Crippen LogP) is 2.04. The number of aliphatic hydroxyl groups is 1. The molecule has 6 heteroatoms. The third-order valence-corrected chi connectivity index (χ3v) is 5.66. The molecule has 0 unspecified atom stereocenters. The van der Waals surface area contributed by atoms with E-state index in [1.807, 2.05) is 30.6 Å². The third kappa shape index (κ3) is 3.17. The lowest BCUT2D eigenvalue weighted by Crippen LogP contribution is -2.51. The Kier molecular flexibility index (Phi) is 4.50. The van der Waals surface area contributed by atoms with Gasteiger partial charge in [0.1, 0.15) is 5.69 Å². The summed E-state index contributed by atoms with van der Waals surface area (Å²) < 4.78 is 5.90. The van der Waals surface area contributed by atoms with Crippen LogP contribution in [0.4, 0.5) is 0 Å². The Morgan fingerprint density at radius 2 is 2.08 bits per heavy atom. The summed E-state index contributed by atoms with van der Waals surface area (Å²) >= 11 is 0. The maximum absolute atomic E-state index is 10.1. The second-order valence-corrected chi connectivity index (χ2v) is 7.06. The largest absolute Gasteiger partial charge is 0.393 e. The molecule has 2 aliphatic rings. The molecule has 2 fully saturated rings. The van der Waals surface area contributed by atoms with Crippen LogP contribution >= 0.6 is 0 Å². The first-order valence-electron chi connectivity index (χ1n) is 8.90. The van der Waals surface area contributed by atoms with Gasteiger partial charge in [0, 0.05) is 50.4 Å². The molecule has 3 atom stereocenters. The molecule has 0 bridgehead atoms.